The van der Waals surface area contributed by atoms with Gasteiger partial charge in [-0.25, -0.2) is 32.3 Å². The summed E-state index contributed by atoms with van der Waals surface area (Å²) in [6.45, 7) is 96.5. The van der Waals surface area contributed by atoms with Crippen molar-refractivity contribution in [1.82, 2.24) is 52.2 Å². The summed E-state index contributed by atoms with van der Waals surface area (Å²) in [5.74, 6) is -0.418. The Balaban J connectivity index is -0.000000120. The van der Waals surface area contributed by atoms with Crippen LogP contribution in [-0.2, 0) is 48.1 Å². The number of amides is 6. The molecule has 0 aliphatic carbocycles. The van der Waals surface area contributed by atoms with Crippen LogP contribution in [0.1, 0.15) is 347 Å². The van der Waals surface area contributed by atoms with E-state index in [1.165, 1.54) is 0 Å². The second-order valence-corrected chi connectivity index (χ2v) is 43.8. The molecule has 103 heavy (non-hydrogen) atoms. The maximum absolute atomic E-state index is 11.6. The normalized spacial score (nSPS) is 12.7. The standard InChI is InChI=1S/C11H24N2O.C10H22N2O.C10H21NO2.C10H23NO.C10H20O3.C9H20N2O.C9H19NO2.C8H19NO2S.2CH4/c1-10(2,3)9(14)12-7-8-13-11(4,5)6;1-9(2,3)11-8(13)12(7)10(4,5)6;1-9(2,3)11-7-8(12)13-10(4,5)6;1-9(2,3)11-7-8-12-10(4,5)6;1-9(2,3)12-7-8(11)13-10(4,5)6;1-8(2,3)10-7(12)11-9(4,5)6;1-8(2,3)10-7(11)12-9(4,5)6;1-7(2,3)9-12(10,11)8(4,5)6;;/h13H,7-8H2,1-6H3,(H,12,14);1-7H3,(H,11,13);11H,7H2,1-6H3;11H,7-8H2,1-6H3;7H2,1-6H3;1-6H3,(H2,10,11,12);1-6H3,(H,10,11);9H,1-6H3;2*1H4. The summed E-state index contributed by atoms with van der Waals surface area (Å²) < 4.78 is 51.1. The van der Waals surface area contributed by atoms with Crippen LogP contribution in [-0.4, -0.2) is 178 Å². The van der Waals surface area contributed by atoms with E-state index in [9.17, 15) is 37.2 Å². The van der Waals surface area contributed by atoms with Gasteiger partial charge in [0.25, 0.3) is 0 Å². The fourth-order valence-electron chi connectivity index (χ4n) is 5.61. The van der Waals surface area contributed by atoms with Crippen molar-refractivity contribution in [2.24, 2.45) is 5.41 Å². The van der Waals surface area contributed by atoms with Crippen LogP contribution in [0.4, 0.5) is 14.4 Å². The first-order valence-corrected chi connectivity index (χ1v) is 37.2. The Hall–Kier alpha value is -4.07. The van der Waals surface area contributed by atoms with Crippen molar-refractivity contribution in [3.63, 3.8) is 0 Å². The molecule has 0 rings (SSSR count). The number of hydrogen-bond donors (Lipinski definition) is 9. The van der Waals surface area contributed by atoms with Gasteiger partial charge in [0.05, 0.1) is 29.1 Å². The number of ether oxygens (including phenoxy) is 5. The summed E-state index contributed by atoms with van der Waals surface area (Å²) in [6, 6.07) is -0.144. The number of nitrogens with one attached hydrogen (secondary N) is 9. The predicted octanol–water partition coefficient (Wildman–Crippen LogP) is 16.8. The van der Waals surface area contributed by atoms with Gasteiger partial charge >= 0.3 is 30.1 Å². The lowest BCUT2D eigenvalue weighted by Crippen LogP contribution is -2.52. The molecule has 0 aromatic heterocycles. The number of rotatable bonds is 11. The topological polar surface area (TPSA) is 294 Å². The quantitative estimate of drug-likeness (QED) is 0.0528. The van der Waals surface area contributed by atoms with Gasteiger partial charge in [-0.2, -0.15) is 0 Å². The molecule has 0 radical (unpaired) electrons. The molecule has 0 aromatic carbocycles. The zero-order valence-electron chi connectivity index (χ0n) is 74.9. The van der Waals surface area contributed by atoms with Gasteiger partial charge in [-0.05, 0) is 312 Å². The number of esters is 2. The zero-order chi connectivity index (χ0) is 83.7. The average molecular weight is 1510 g/mol. The van der Waals surface area contributed by atoms with E-state index in [-0.39, 0.29) is 125 Å². The molecule has 626 valence electrons. The van der Waals surface area contributed by atoms with Crippen molar-refractivity contribution < 1.29 is 60.9 Å². The summed E-state index contributed by atoms with van der Waals surface area (Å²) in [5, 5.41) is 23.9. The maximum Gasteiger partial charge on any atom is 0.408 e. The first kappa shape index (κ1) is 120. The number of alkyl carbamates (subject to hydrolysis) is 1. The molecule has 0 aliphatic rings. The molecule has 0 bridgehead atoms. The molecule has 0 aliphatic heterocycles. The lowest BCUT2D eigenvalue weighted by molar-refractivity contribution is -0.165. The van der Waals surface area contributed by atoms with Crippen LogP contribution in [0.5, 0.6) is 0 Å². The lowest BCUT2D eigenvalue weighted by Gasteiger charge is -2.34. The van der Waals surface area contributed by atoms with Gasteiger partial charge in [-0.1, -0.05) is 35.6 Å². The fourth-order valence-corrected chi connectivity index (χ4v) is 6.72. The van der Waals surface area contributed by atoms with Gasteiger partial charge in [0.1, 0.15) is 23.4 Å². The third-order valence-electron chi connectivity index (χ3n) is 10.2. The number of carbonyl (C=O) groups excluding carboxylic acids is 6. The van der Waals surface area contributed by atoms with Crippen molar-refractivity contribution in [3.8, 4) is 0 Å². The number of carbonyl (C=O) groups is 6. The minimum atomic E-state index is -3.21. The average Bonchev–Trinajstić information content (AvgIpc) is 0.826. The van der Waals surface area contributed by atoms with Gasteiger partial charge < -0.3 is 71.1 Å². The van der Waals surface area contributed by atoms with E-state index in [0.29, 0.717) is 6.54 Å². The maximum atomic E-state index is 11.6. The number of sulfonamides is 1. The van der Waals surface area contributed by atoms with Crippen molar-refractivity contribution in [3.05, 3.63) is 0 Å². The van der Waals surface area contributed by atoms with Crippen LogP contribution >= 0.6 is 0 Å². The predicted molar refractivity (Wildman–Crippen MR) is 440 cm³/mol. The minimum absolute atomic E-state index is 0. The van der Waals surface area contributed by atoms with E-state index in [1.807, 2.05) is 249 Å². The van der Waals surface area contributed by atoms with Crippen molar-refractivity contribution in [2.75, 3.05) is 46.4 Å². The first-order valence-electron chi connectivity index (χ1n) is 35.7. The Morgan fingerprint density at radius 3 is 0.922 bits per heavy atom. The molecular formula is C79H176N10O13S. The summed E-state index contributed by atoms with van der Waals surface area (Å²) in [5.41, 5.74) is -2.85. The molecule has 0 saturated carbocycles. The molecule has 23 nitrogen and oxygen atoms in total. The molecule has 0 heterocycles. The second-order valence-electron chi connectivity index (χ2n) is 41.3. The molecule has 6 amide bonds. The van der Waals surface area contributed by atoms with Crippen molar-refractivity contribution in [1.29, 1.82) is 0 Å². The van der Waals surface area contributed by atoms with Gasteiger partial charge in [0, 0.05) is 81.9 Å². The fraction of sp³-hybridized carbons (Fsp3) is 0.924. The first-order chi connectivity index (χ1) is 43.2. The summed E-state index contributed by atoms with van der Waals surface area (Å²) >= 11 is 0. The van der Waals surface area contributed by atoms with Crippen LogP contribution in [0.25, 0.3) is 0 Å². The van der Waals surface area contributed by atoms with Crippen LogP contribution in [0.3, 0.4) is 0 Å². The molecular weight excluding hydrogens is 1330 g/mol. The van der Waals surface area contributed by atoms with Crippen molar-refractivity contribution >= 4 is 46.0 Å². The van der Waals surface area contributed by atoms with Gasteiger partial charge in [-0.15, -0.1) is 0 Å². The van der Waals surface area contributed by atoms with Crippen LogP contribution in [0, 0.1) is 5.41 Å². The number of hydrogen-bond acceptors (Lipinski definition) is 16. The molecule has 0 fully saturated rings. The Morgan fingerprint density at radius 2 is 0.670 bits per heavy atom. The molecule has 0 unspecified atom stereocenters. The largest absolute Gasteiger partial charge is 0.459 e. The summed E-state index contributed by atoms with van der Waals surface area (Å²) in [6.07, 6.45) is -0.366. The Morgan fingerprint density at radius 1 is 0.350 bits per heavy atom. The van der Waals surface area contributed by atoms with Crippen LogP contribution in [0.2, 0.25) is 0 Å². The van der Waals surface area contributed by atoms with Gasteiger partial charge in [0.2, 0.25) is 15.9 Å². The van der Waals surface area contributed by atoms with E-state index < -0.39 is 37.1 Å². The number of urea groups is 2. The Kier molecular flexibility index (Phi) is 55.5. The molecule has 0 aromatic rings. The monoisotopic (exact) mass is 1510 g/mol. The van der Waals surface area contributed by atoms with Gasteiger partial charge in [-0.3, -0.25) is 9.59 Å². The summed E-state index contributed by atoms with van der Waals surface area (Å²) in [7, 11) is -1.40. The Bertz CT molecular complexity index is 2290. The molecule has 0 spiro atoms. The highest BCUT2D eigenvalue weighted by atomic mass is 32.2. The lowest BCUT2D eigenvalue weighted by atomic mass is 9.96. The van der Waals surface area contributed by atoms with E-state index in [0.717, 1.165) is 19.7 Å². The third-order valence-corrected chi connectivity index (χ3v) is 12.7. The zero-order valence-corrected chi connectivity index (χ0v) is 75.7. The van der Waals surface area contributed by atoms with Crippen LogP contribution in [0.15, 0.2) is 0 Å². The van der Waals surface area contributed by atoms with Crippen LogP contribution < -0.4 is 47.3 Å². The van der Waals surface area contributed by atoms with Crippen molar-refractivity contribution in [2.45, 2.75) is 430 Å². The van der Waals surface area contributed by atoms with E-state index in [1.54, 1.807) is 32.7 Å². The molecule has 9 N–H and O–H groups in total. The van der Waals surface area contributed by atoms with E-state index >= 15 is 0 Å². The summed E-state index contributed by atoms with van der Waals surface area (Å²) in [4.78, 5) is 69.5. The minimum Gasteiger partial charge on any atom is -0.459 e. The molecule has 0 saturated heterocycles. The van der Waals surface area contributed by atoms with Gasteiger partial charge in [0.15, 0.2) is 0 Å². The second kappa shape index (κ2) is 47.7. The highest BCUT2D eigenvalue weighted by Gasteiger charge is 2.33. The highest BCUT2D eigenvalue weighted by Crippen LogP contribution is 2.18. The van der Waals surface area contributed by atoms with E-state index in [4.69, 9.17) is 23.7 Å². The third kappa shape index (κ3) is 109. The highest BCUT2D eigenvalue weighted by molar-refractivity contribution is 7.90. The smallest absolute Gasteiger partial charge is 0.408 e. The van der Waals surface area contributed by atoms with E-state index in [2.05, 4.69) is 110 Å². The SMILES string of the molecule is C.C.CC(C)(C)NC(=O)NC(C)(C)C.CC(C)(C)NC(=O)OC(C)(C)C.CC(C)(C)NCC(=O)OC(C)(C)C.CC(C)(C)NCCNC(=O)C(C)(C)C.CC(C)(C)NCCOC(C)(C)C.CC(C)(C)NS(=O)(=O)C(C)(C)C.CC(C)(C)OCC(=O)OC(C)(C)C.CN(C(=O)NC(C)(C)C)C(C)(C)C. The molecule has 24 heteroatoms. The Labute approximate surface area is 637 Å². The molecule has 0 atom stereocenters. The number of nitrogens with zero attached hydrogens (tertiary/aromatic N) is 1.